The van der Waals surface area contributed by atoms with Crippen molar-refractivity contribution in [1.82, 2.24) is 0 Å². The number of rotatable bonds is 3. The van der Waals surface area contributed by atoms with E-state index in [1.54, 1.807) is 6.07 Å². The molecule has 1 aliphatic rings. The van der Waals surface area contributed by atoms with E-state index >= 15 is 0 Å². The fraction of sp³-hybridized carbons (Fsp3) is 0.474. The standard InChI is InChI=1S/C19H24FN/c1-2-13-6-5-7-14(12-13)19(21)17-10-11-18(20)16-9-4-3-8-15(16)17/h3-4,8-11,13-14,19H,2,5-7,12,21H2,1H3. The molecule has 0 amide bonds. The molecule has 3 unspecified atom stereocenters. The van der Waals surface area contributed by atoms with Gasteiger partial charge in [-0.3, -0.25) is 0 Å². The van der Waals surface area contributed by atoms with Gasteiger partial charge in [-0.15, -0.1) is 0 Å². The first-order chi connectivity index (χ1) is 10.2. The summed E-state index contributed by atoms with van der Waals surface area (Å²) in [5, 5.41) is 1.66. The Balaban J connectivity index is 1.94. The minimum atomic E-state index is -0.156. The SMILES string of the molecule is CCC1CCCC(C(N)c2ccc(F)c3ccccc23)C1. The molecule has 0 spiro atoms. The second-order valence-electron chi connectivity index (χ2n) is 6.41. The van der Waals surface area contributed by atoms with Gasteiger partial charge in [-0.1, -0.05) is 56.5 Å². The summed E-state index contributed by atoms with van der Waals surface area (Å²) in [6, 6.07) is 11.2. The van der Waals surface area contributed by atoms with Gasteiger partial charge < -0.3 is 5.73 Å². The Morgan fingerprint density at radius 2 is 1.90 bits per heavy atom. The van der Waals surface area contributed by atoms with Crippen molar-refractivity contribution in [3.8, 4) is 0 Å². The molecule has 3 atom stereocenters. The normalized spacial score (nSPS) is 24.1. The van der Waals surface area contributed by atoms with E-state index in [2.05, 4.69) is 6.92 Å². The molecule has 2 aromatic rings. The zero-order chi connectivity index (χ0) is 14.8. The first kappa shape index (κ1) is 14.5. The van der Waals surface area contributed by atoms with Crippen LogP contribution in [0.15, 0.2) is 36.4 Å². The van der Waals surface area contributed by atoms with E-state index in [1.165, 1.54) is 32.1 Å². The van der Waals surface area contributed by atoms with Crippen molar-refractivity contribution in [2.75, 3.05) is 0 Å². The highest BCUT2D eigenvalue weighted by Crippen LogP contribution is 2.39. The highest BCUT2D eigenvalue weighted by atomic mass is 19.1. The molecule has 112 valence electrons. The zero-order valence-electron chi connectivity index (χ0n) is 12.7. The summed E-state index contributed by atoms with van der Waals surface area (Å²) in [5.74, 6) is 1.18. The van der Waals surface area contributed by atoms with Gasteiger partial charge in [0.25, 0.3) is 0 Å². The van der Waals surface area contributed by atoms with Gasteiger partial charge in [0.2, 0.25) is 0 Å². The smallest absolute Gasteiger partial charge is 0.131 e. The van der Waals surface area contributed by atoms with Crippen molar-refractivity contribution in [2.24, 2.45) is 17.6 Å². The van der Waals surface area contributed by atoms with Crippen molar-refractivity contribution in [3.63, 3.8) is 0 Å². The molecule has 0 aromatic heterocycles. The maximum absolute atomic E-state index is 13.9. The van der Waals surface area contributed by atoms with Gasteiger partial charge >= 0.3 is 0 Å². The molecule has 1 aliphatic carbocycles. The van der Waals surface area contributed by atoms with Gasteiger partial charge in [-0.05, 0) is 41.7 Å². The molecule has 1 nitrogen and oxygen atoms in total. The van der Waals surface area contributed by atoms with Crippen LogP contribution in [0.3, 0.4) is 0 Å². The van der Waals surface area contributed by atoms with E-state index in [4.69, 9.17) is 5.73 Å². The van der Waals surface area contributed by atoms with Crippen LogP contribution < -0.4 is 5.73 Å². The summed E-state index contributed by atoms with van der Waals surface area (Å²) in [7, 11) is 0. The molecular weight excluding hydrogens is 261 g/mol. The fourth-order valence-electron chi connectivity index (χ4n) is 3.86. The van der Waals surface area contributed by atoms with Gasteiger partial charge in [0.15, 0.2) is 0 Å². The van der Waals surface area contributed by atoms with E-state index in [-0.39, 0.29) is 11.9 Å². The minimum Gasteiger partial charge on any atom is -0.324 e. The molecule has 0 aliphatic heterocycles. The molecular formula is C19H24FN. The maximum atomic E-state index is 13.9. The van der Waals surface area contributed by atoms with Crippen LogP contribution in [0.2, 0.25) is 0 Å². The topological polar surface area (TPSA) is 26.0 Å². The van der Waals surface area contributed by atoms with E-state index < -0.39 is 0 Å². The Hall–Kier alpha value is -1.41. The number of benzene rings is 2. The average Bonchev–Trinajstić information content (AvgIpc) is 2.55. The minimum absolute atomic E-state index is 0.0184. The van der Waals surface area contributed by atoms with Crippen LogP contribution in [0.4, 0.5) is 4.39 Å². The van der Waals surface area contributed by atoms with Crippen molar-refractivity contribution in [3.05, 3.63) is 47.8 Å². The lowest BCUT2D eigenvalue weighted by Gasteiger charge is -2.33. The Morgan fingerprint density at radius 1 is 1.14 bits per heavy atom. The molecule has 2 N–H and O–H groups in total. The molecule has 1 fully saturated rings. The lowest BCUT2D eigenvalue weighted by molar-refractivity contribution is 0.231. The quantitative estimate of drug-likeness (QED) is 0.824. The van der Waals surface area contributed by atoms with E-state index in [0.717, 1.165) is 16.9 Å². The molecule has 2 aromatic carbocycles. The van der Waals surface area contributed by atoms with Crippen molar-refractivity contribution in [1.29, 1.82) is 0 Å². The summed E-state index contributed by atoms with van der Waals surface area (Å²) < 4.78 is 13.9. The summed E-state index contributed by atoms with van der Waals surface area (Å²) in [6.07, 6.45) is 6.26. The third kappa shape index (κ3) is 2.82. The summed E-state index contributed by atoms with van der Waals surface area (Å²) in [4.78, 5) is 0. The maximum Gasteiger partial charge on any atom is 0.131 e. The number of fused-ring (bicyclic) bond motifs is 1. The summed E-state index contributed by atoms with van der Waals surface area (Å²) in [5.41, 5.74) is 7.69. The molecule has 0 radical (unpaired) electrons. The van der Waals surface area contributed by atoms with Crippen molar-refractivity contribution < 1.29 is 4.39 Å². The van der Waals surface area contributed by atoms with E-state index in [9.17, 15) is 4.39 Å². The van der Waals surface area contributed by atoms with E-state index in [1.807, 2.05) is 30.3 Å². The first-order valence-corrected chi connectivity index (χ1v) is 8.13. The average molecular weight is 285 g/mol. The van der Waals surface area contributed by atoms with Gasteiger partial charge in [0.1, 0.15) is 5.82 Å². The van der Waals surface area contributed by atoms with Crippen LogP contribution in [0.5, 0.6) is 0 Å². The second kappa shape index (κ2) is 6.15. The van der Waals surface area contributed by atoms with Crippen molar-refractivity contribution >= 4 is 10.8 Å². The third-order valence-corrected chi connectivity index (χ3v) is 5.17. The second-order valence-corrected chi connectivity index (χ2v) is 6.41. The Labute approximate surface area is 126 Å². The van der Waals surface area contributed by atoms with Gasteiger partial charge in [0, 0.05) is 11.4 Å². The largest absolute Gasteiger partial charge is 0.324 e. The highest BCUT2D eigenvalue weighted by molar-refractivity contribution is 5.86. The van der Waals surface area contributed by atoms with Crippen molar-refractivity contribution in [2.45, 2.75) is 45.1 Å². The Kier molecular flexibility index (Phi) is 4.25. The summed E-state index contributed by atoms with van der Waals surface area (Å²) in [6.45, 7) is 2.27. The van der Waals surface area contributed by atoms with Gasteiger partial charge in [-0.25, -0.2) is 4.39 Å². The number of halogens is 1. The molecule has 1 saturated carbocycles. The number of hydrogen-bond acceptors (Lipinski definition) is 1. The molecule has 2 heteroatoms. The van der Waals surface area contributed by atoms with Crippen LogP contribution in [0.25, 0.3) is 10.8 Å². The first-order valence-electron chi connectivity index (χ1n) is 8.13. The molecule has 3 rings (SSSR count). The van der Waals surface area contributed by atoms with Crippen LogP contribution in [0.1, 0.15) is 50.6 Å². The number of nitrogens with two attached hydrogens (primary N) is 1. The van der Waals surface area contributed by atoms with Gasteiger partial charge in [0.05, 0.1) is 0 Å². The Bertz CT molecular complexity index is 622. The fourth-order valence-corrected chi connectivity index (χ4v) is 3.86. The van der Waals surface area contributed by atoms with Crippen LogP contribution in [0, 0.1) is 17.7 Å². The van der Waals surface area contributed by atoms with Gasteiger partial charge in [-0.2, -0.15) is 0 Å². The molecule has 0 bridgehead atoms. The predicted molar refractivity (Wildman–Crippen MR) is 86.6 cm³/mol. The summed E-state index contributed by atoms with van der Waals surface area (Å²) >= 11 is 0. The van der Waals surface area contributed by atoms with Crippen LogP contribution in [-0.4, -0.2) is 0 Å². The number of hydrogen-bond donors (Lipinski definition) is 1. The Morgan fingerprint density at radius 3 is 2.67 bits per heavy atom. The zero-order valence-corrected chi connectivity index (χ0v) is 12.7. The predicted octanol–water partition coefficient (Wildman–Crippen LogP) is 5.20. The van der Waals surface area contributed by atoms with E-state index in [0.29, 0.717) is 11.3 Å². The highest BCUT2D eigenvalue weighted by Gasteiger charge is 2.27. The molecule has 0 saturated heterocycles. The van der Waals surface area contributed by atoms with Crippen LogP contribution in [-0.2, 0) is 0 Å². The molecule has 21 heavy (non-hydrogen) atoms. The molecule has 0 heterocycles. The lowest BCUT2D eigenvalue weighted by Crippen LogP contribution is -2.27. The monoisotopic (exact) mass is 285 g/mol. The third-order valence-electron chi connectivity index (χ3n) is 5.17. The van der Waals surface area contributed by atoms with Crippen LogP contribution >= 0.6 is 0 Å². The lowest BCUT2D eigenvalue weighted by atomic mass is 9.75.